The number of halogens is 2. The first-order valence-corrected chi connectivity index (χ1v) is 15.8. The van der Waals surface area contributed by atoms with Crippen molar-refractivity contribution in [1.29, 1.82) is 0 Å². The maximum absolute atomic E-state index is 15.3. The van der Waals surface area contributed by atoms with Gasteiger partial charge in [0.15, 0.2) is 0 Å². The number of ether oxygens (including phenoxy) is 4. The molecule has 0 N–H and O–H groups in total. The van der Waals surface area contributed by atoms with Crippen molar-refractivity contribution in [2.75, 3.05) is 83.5 Å². The number of aromatic nitrogens is 1. The Labute approximate surface area is 279 Å². The zero-order chi connectivity index (χ0) is 33.9. The molecule has 0 radical (unpaired) electrons. The first kappa shape index (κ1) is 34.1. The summed E-state index contributed by atoms with van der Waals surface area (Å²) in [6.07, 6.45) is 1.26. The Balaban J connectivity index is 1.48. The molecule has 2 aliphatic rings. The molecule has 11 nitrogen and oxygen atoms in total. The zero-order valence-electron chi connectivity index (χ0n) is 27.6. The number of anilines is 2. The van der Waals surface area contributed by atoms with Crippen LogP contribution >= 0.6 is 11.6 Å². The third-order valence-corrected chi connectivity index (χ3v) is 8.27. The zero-order valence-corrected chi connectivity index (χ0v) is 28.4. The first-order chi connectivity index (χ1) is 22.4. The van der Waals surface area contributed by atoms with Crippen molar-refractivity contribution in [3.05, 3.63) is 53.4 Å². The van der Waals surface area contributed by atoms with E-state index in [1.165, 1.54) is 19.2 Å². The SMILES string of the molecule is COCCOc1ncc(-c2cc(F)cc(-c3ccc(N4CCN(C)C4=O)c(Cl)c3)c2OC)cc1N1CCN(C(=O)OC(C)(C)C)CC1. The molecule has 0 unspecified atom stereocenters. The van der Waals surface area contributed by atoms with Crippen molar-refractivity contribution in [3.8, 4) is 33.9 Å². The summed E-state index contributed by atoms with van der Waals surface area (Å²) in [5.74, 6) is 0.361. The van der Waals surface area contributed by atoms with Gasteiger partial charge in [0.05, 0.1) is 24.4 Å². The van der Waals surface area contributed by atoms with E-state index in [0.717, 1.165) is 0 Å². The van der Waals surface area contributed by atoms with Crippen LogP contribution in [0, 0.1) is 5.82 Å². The molecule has 2 fully saturated rings. The number of amides is 3. The molecule has 3 heterocycles. The second kappa shape index (κ2) is 14.2. The number of methoxy groups -OCH3 is 2. The van der Waals surface area contributed by atoms with Crippen LogP contribution < -0.4 is 19.3 Å². The lowest BCUT2D eigenvalue weighted by Crippen LogP contribution is -2.50. The predicted octanol–water partition coefficient (Wildman–Crippen LogP) is 6.17. The summed E-state index contributed by atoms with van der Waals surface area (Å²) in [5, 5.41) is 0.367. The maximum Gasteiger partial charge on any atom is 0.410 e. The van der Waals surface area contributed by atoms with Crippen LogP contribution in [0.15, 0.2) is 42.6 Å². The number of piperazine rings is 1. The van der Waals surface area contributed by atoms with E-state index in [0.29, 0.717) is 96.2 Å². The highest BCUT2D eigenvalue weighted by Crippen LogP contribution is 2.43. The summed E-state index contributed by atoms with van der Waals surface area (Å²) in [6, 6.07) is 9.85. The van der Waals surface area contributed by atoms with Gasteiger partial charge in [0.2, 0.25) is 5.88 Å². The van der Waals surface area contributed by atoms with Crippen molar-refractivity contribution < 1.29 is 32.9 Å². The molecule has 47 heavy (non-hydrogen) atoms. The largest absolute Gasteiger partial charge is 0.495 e. The molecule has 1 aromatic heterocycles. The van der Waals surface area contributed by atoms with Crippen molar-refractivity contribution in [1.82, 2.24) is 14.8 Å². The van der Waals surface area contributed by atoms with Crippen LogP contribution in [0.2, 0.25) is 5.02 Å². The molecule has 3 aromatic rings. The molecule has 0 saturated carbocycles. The molecular formula is C34H41ClFN5O6. The van der Waals surface area contributed by atoms with Gasteiger partial charge in [-0.3, -0.25) is 4.90 Å². The predicted molar refractivity (Wildman–Crippen MR) is 179 cm³/mol. The van der Waals surface area contributed by atoms with E-state index in [1.54, 1.807) is 53.3 Å². The molecule has 0 spiro atoms. The maximum atomic E-state index is 15.3. The van der Waals surface area contributed by atoms with E-state index in [-0.39, 0.29) is 18.7 Å². The fourth-order valence-electron chi connectivity index (χ4n) is 5.61. The highest BCUT2D eigenvalue weighted by molar-refractivity contribution is 6.34. The number of hydrogen-bond acceptors (Lipinski definition) is 8. The van der Waals surface area contributed by atoms with E-state index in [1.807, 2.05) is 26.8 Å². The van der Waals surface area contributed by atoms with Crippen LogP contribution in [-0.2, 0) is 9.47 Å². The summed E-state index contributed by atoms with van der Waals surface area (Å²) in [7, 11) is 4.86. The number of urea groups is 1. The number of benzene rings is 2. The fourth-order valence-corrected chi connectivity index (χ4v) is 5.89. The van der Waals surface area contributed by atoms with Gasteiger partial charge in [0.25, 0.3) is 0 Å². The number of carbonyl (C=O) groups excluding carboxylic acids is 2. The van der Waals surface area contributed by atoms with Gasteiger partial charge in [-0.15, -0.1) is 0 Å². The molecule has 0 bridgehead atoms. The molecule has 0 atom stereocenters. The van der Waals surface area contributed by atoms with Gasteiger partial charge >= 0.3 is 12.1 Å². The molecule has 2 saturated heterocycles. The summed E-state index contributed by atoms with van der Waals surface area (Å²) < 4.78 is 37.9. The van der Waals surface area contributed by atoms with Gasteiger partial charge < -0.3 is 33.6 Å². The minimum atomic E-state index is -0.588. The smallest absolute Gasteiger partial charge is 0.410 e. The lowest BCUT2D eigenvalue weighted by atomic mass is 9.97. The Morgan fingerprint density at radius 2 is 1.64 bits per heavy atom. The molecule has 5 rings (SSSR count). The van der Waals surface area contributed by atoms with Crippen LogP contribution in [0.3, 0.4) is 0 Å². The molecule has 13 heteroatoms. The Hall–Kier alpha value is -4.29. The van der Waals surface area contributed by atoms with Crippen LogP contribution in [0.25, 0.3) is 22.3 Å². The second-order valence-electron chi connectivity index (χ2n) is 12.4. The summed E-state index contributed by atoms with van der Waals surface area (Å²) in [6.45, 7) is 9.22. The van der Waals surface area contributed by atoms with Gasteiger partial charge in [-0.05, 0) is 56.7 Å². The standard InChI is InChI=1S/C34H41ClFN5O6/c1-34(2,3)47-33(43)40-12-10-39(11-13-40)29-18-23(21-37-31(29)46-16-15-44-5)26-20-24(36)19-25(30(26)45-6)22-7-8-28(27(35)17-22)41-14-9-38(4)32(41)42/h7-8,17-21H,9-16H2,1-6H3. The molecule has 2 aliphatic heterocycles. The van der Waals surface area contributed by atoms with Gasteiger partial charge in [-0.1, -0.05) is 17.7 Å². The van der Waals surface area contributed by atoms with Gasteiger partial charge in [0.1, 0.15) is 29.5 Å². The lowest BCUT2D eigenvalue weighted by molar-refractivity contribution is 0.0240. The monoisotopic (exact) mass is 669 g/mol. The van der Waals surface area contributed by atoms with Gasteiger partial charge in [-0.25, -0.2) is 19.0 Å². The van der Waals surface area contributed by atoms with Crippen molar-refractivity contribution in [2.45, 2.75) is 26.4 Å². The van der Waals surface area contributed by atoms with Crippen LogP contribution in [0.5, 0.6) is 11.6 Å². The summed E-state index contributed by atoms with van der Waals surface area (Å²) in [5.41, 5.74) is 2.92. The van der Waals surface area contributed by atoms with Crippen molar-refractivity contribution in [3.63, 3.8) is 0 Å². The van der Waals surface area contributed by atoms with Gasteiger partial charge in [0, 0.05) is 76.3 Å². The topological polar surface area (TPSA) is 96.9 Å². The fraction of sp³-hybridized carbons (Fsp3) is 0.441. The lowest BCUT2D eigenvalue weighted by Gasteiger charge is -2.37. The third kappa shape index (κ3) is 7.65. The van der Waals surface area contributed by atoms with Crippen molar-refractivity contribution >= 4 is 35.1 Å². The normalized spacial score (nSPS) is 15.4. The Kier molecular flexibility index (Phi) is 10.3. The molecule has 252 valence electrons. The number of likely N-dealkylation sites (N-methyl/N-ethyl adjacent to an activating group) is 1. The Morgan fingerprint density at radius 3 is 2.23 bits per heavy atom. The van der Waals surface area contributed by atoms with E-state index in [4.69, 9.17) is 30.5 Å². The highest BCUT2D eigenvalue weighted by atomic mass is 35.5. The average molecular weight is 670 g/mol. The van der Waals surface area contributed by atoms with E-state index in [9.17, 15) is 9.59 Å². The van der Waals surface area contributed by atoms with Crippen LogP contribution in [0.4, 0.5) is 25.4 Å². The minimum absolute atomic E-state index is 0.130. The quantitative estimate of drug-likeness (QED) is 0.250. The number of nitrogens with zero attached hydrogens (tertiary/aromatic N) is 5. The minimum Gasteiger partial charge on any atom is -0.495 e. The molecule has 2 aromatic carbocycles. The third-order valence-electron chi connectivity index (χ3n) is 7.97. The van der Waals surface area contributed by atoms with Gasteiger partial charge in [-0.2, -0.15) is 0 Å². The number of rotatable bonds is 9. The Bertz CT molecular complexity index is 1630. The Morgan fingerprint density at radius 1 is 0.936 bits per heavy atom. The van der Waals surface area contributed by atoms with Crippen LogP contribution in [0.1, 0.15) is 20.8 Å². The van der Waals surface area contributed by atoms with E-state index >= 15 is 4.39 Å². The number of hydrogen-bond donors (Lipinski definition) is 0. The second-order valence-corrected chi connectivity index (χ2v) is 12.8. The number of pyridine rings is 1. The summed E-state index contributed by atoms with van der Waals surface area (Å²) >= 11 is 6.68. The molecular weight excluding hydrogens is 629 g/mol. The molecule has 0 aliphatic carbocycles. The summed E-state index contributed by atoms with van der Waals surface area (Å²) in [4.78, 5) is 36.9. The van der Waals surface area contributed by atoms with E-state index in [2.05, 4.69) is 9.88 Å². The van der Waals surface area contributed by atoms with E-state index < -0.39 is 11.4 Å². The van der Waals surface area contributed by atoms with Crippen LogP contribution in [-0.4, -0.2) is 106 Å². The molecule has 3 amide bonds. The number of carbonyl (C=O) groups is 2. The van der Waals surface area contributed by atoms with Crippen molar-refractivity contribution in [2.24, 2.45) is 0 Å². The average Bonchev–Trinajstić information content (AvgIpc) is 3.37. The highest BCUT2D eigenvalue weighted by Gasteiger charge is 2.30. The first-order valence-electron chi connectivity index (χ1n) is 15.4.